The number of sulfonamides is 1. The fourth-order valence-corrected chi connectivity index (χ4v) is 5.83. The number of fused-ring (bicyclic) bond motifs is 1. The van der Waals surface area contributed by atoms with Gasteiger partial charge >= 0.3 is 6.09 Å². The first kappa shape index (κ1) is 36.0. The third-order valence-electron chi connectivity index (χ3n) is 7.48. The van der Waals surface area contributed by atoms with E-state index in [9.17, 15) is 22.8 Å². The lowest BCUT2D eigenvalue weighted by Crippen LogP contribution is -2.56. The normalized spacial score (nSPS) is 14.8. The summed E-state index contributed by atoms with van der Waals surface area (Å²) in [5, 5.41) is 8.08. The highest BCUT2D eigenvalue weighted by Gasteiger charge is 2.29. The average Bonchev–Trinajstić information content (AvgIpc) is 2.96. The lowest BCUT2D eigenvalue weighted by atomic mass is 10.1. The number of likely N-dealkylation sites (N-methyl/N-ethyl adjacent to an activating group) is 1. The summed E-state index contributed by atoms with van der Waals surface area (Å²) in [6.07, 6.45) is 0.701. The molecule has 0 aromatic heterocycles. The van der Waals surface area contributed by atoms with Gasteiger partial charge in [-0.2, -0.15) is 4.31 Å². The Kier molecular flexibility index (Phi) is 12.2. The number of nitrogens with one attached hydrogen (secondary N) is 1. The molecule has 3 rings (SSSR count). The van der Waals surface area contributed by atoms with Gasteiger partial charge in [0.2, 0.25) is 15.9 Å². The van der Waals surface area contributed by atoms with E-state index in [1.54, 1.807) is 49.7 Å². The second-order valence-corrected chi connectivity index (χ2v) is 14.3. The first-order valence-electron chi connectivity index (χ1n) is 15.1. The quantitative estimate of drug-likeness (QED) is 0.369. The molecular weight excluding hydrogens is 600 g/mol. The highest BCUT2D eigenvalue weighted by atomic mass is 32.2. The zero-order valence-corrected chi connectivity index (χ0v) is 28.5. The van der Waals surface area contributed by atoms with E-state index < -0.39 is 21.7 Å². The molecule has 3 amide bonds. The van der Waals surface area contributed by atoms with Crippen molar-refractivity contribution in [1.82, 2.24) is 24.5 Å². The van der Waals surface area contributed by atoms with Crippen molar-refractivity contribution in [2.75, 3.05) is 77.7 Å². The van der Waals surface area contributed by atoms with Gasteiger partial charge in [0, 0.05) is 52.4 Å². The molecule has 45 heavy (non-hydrogen) atoms. The number of piperazine rings is 1. The molecule has 13 nitrogen and oxygen atoms in total. The number of ether oxygens (including phenoxy) is 2. The van der Waals surface area contributed by atoms with Gasteiger partial charge < -0.3 is 19.3 Å². The molecule has 250 valence electrons. The van der Waals surface area contributed by atoms with Crippen molar-refractivity contribution in [3.8, 4) is 5.75 Å². The molecule has 0 spiro atoms. The Morgan fingerprint density at radius 2 is 1.53 bits per heavy atom. The number of hydrazine groups is 1. The SMILES string of the molecule is COc1cc2ccccc2cc1N(CCN(C(=O)OC(C)(C)C)C(C)C)C(=O)CNCC(=O)N(C)N1CCN(S(C)(=O)=O)CC1. The van der Waals surface area contributed by atoms with Crippen LogP contribution in [0.15, 0.2) is 36.4 Å². The number of benzene rings is 2. The predicted molar refractivity (Wildman–Crippen MR) is 175 cm³/mol. The van der Waals surface area contributed by atoms with E-state index in [0.29, 0.717) is 37.6 Å². The smallest absolute Gasteiger partial charge is 0.410 e. The van der Waals surface area contributed by atoms with E-state index in [0.717, 1.165) is 10.8 Å². The molecule has 0 saturated carbocycles. The monoisotopic (exact) mass is 648 g/mol. The number of hydrogen-bond acceptors (Lipinski definition) is 9. The summed E-state index contributed by atoms with van der Waals surface area (Å²) in [4.78, 5) is 42.9. The second kappa shape index (κ2) is 15.2. The molecule has 14 heteroatoms. The first-order chi connectivity index (χ1) is 21.0. The fourth-order valence-electron chi connectivity index (χ4n) is 5.00. The molecule has 0 radical (unpaired) electrons. The molecule has 1 heterocycles. The largest absolute Gasteiger partial charge is 0.495 e. The van der Waals surface area contributed by atoms with E-state index in [1.165, 1.54) is 15.6 Å². The Balaban J connectivity index is 1.75. The Bertz CT molecular complexity index is 1450. The van der Waals surface area contributed by atoms with Gasteiger partial charge in [-0.3, -0.25) is 19.9 Å². The molecular formula is C31H48N6O7S. The predicted octanol–water partition coefficient (Wildman–Crippen LogP) is 2.37. The van der Waals surface area contributed by atoms with Crippen molar-refractivity contribution in [1.29, 1.82) is 0 Å². The van der Waals surface area contributed by atoms with Crippen LogP contribution in [-0.2, 0) is 24.3 Å². The molecule has 1 fully saturated rings. The average molecular weight is 649 g/mol. The van der Waals surface area contributed by atoms with Crippen molar-refractivity contribution in [3.05, 3.63) is 36.4 Å². The molecule has 1 aliphatic heterocycles. The van der Waals surface area contributed by atoms with Gasteiger partial charge in [-0.25, -0.2) is 18.2 Å². The number of hydrogen-bond donors (Lipinski definition) is 1. The van der Waals surface area contributed by atoms with Crippen LogP contribution in [0.25, 0.3) is 10.8 Å². The van der Waals surface area contributed by atoms with E-state index >= 15 is 0 Å². The Labute approximate surface area is 267 Å². The number of methoxy groups -OCH3 is 1. The third kappa shape index (κ3) is 10.0. The number of anilines is 1. The van der Waals surface area contributed by atoms with Crippen LogP contribution in [0.5, 0.6) is 5.75 Å². The lowest BCUT2D eigenvalue weighted by Gasteiger charge is -2.38. The molecule has 2 aromatic rings. The van der Waals surface area contributed by atoms with Crippen molar-refractivity contribution >= 4 is 44.4 Å². The second-order valence-electron chi connectivity index (χ2n) is 12.3. The molecule has 1 N–H and O–H groups in total. The number of carbonyl (C=O) groups excluding carboxylic acids is 3. The minimum Gasteiger partial charge on any atom is -0.495 e. The summed E-state index contributed by atoms with van der Waals surface area (Å²) in [7, 11) is -0.113. The summed E-state index contributed by atoms with van der Waals surface area (Å²) in [6.45, 7) is 10.6. The molecule has 0 aliphatic carbocycles. The van der Waals surface area contributed by atoms with Crippen LogP contribution in [-0.4, -0.2) is 130 Å². The van der Waals surface area contributed by atoms with Crippen molar-refractivity contribution < 1.29 is 32.3 Å². The first-order valence-corrected chi connectivity index (χ1v) is 16.9. The van der Waals surface area contributed by atoms with E-state index in [-0.39, 0.29) is 44.0 Å². The standard InChI is InChI=1S/C31H48N6O7S/c1-23(2)36(30(40)44-31(3,4)5)17-18-37(26-19-24-11-9-10-12-25(24)20-27(26)43-7)29(39)22-32-21-28(38)33(6)34-13-15-35(16-14-34)45(8,41)42/h9-12,19-20,23,32H,13-18,21-22H2,1-8H3. The van der Waals surface area contributed by atoms with Gasteiger partial charge in [0.1, 0.15) is 11.4 Å². The highest BCUT2D eigenvalue weighted by molar-refractivity contribution is 7.88. The maximum absolute atomic E-state index is 13.8. The van der Waals surface area contributed by atoms with Crippen LogP contribution in [0.4, 0.5) is 10.5 Å². The van der Waals surface area contributed by atoms with E-state index in [2.05, 4.69) is 5.32 Å². The van der Waals surface area contributed by atoms with Gasteiger partial charge in [-0.1, -0.05) is 24.3 Å². The van der Waals surface area contributed by atoms with Gasteiger partial charge in [0.25, 0.3) is 5.91 Å². The van der Waals surface area contributed by atoms with Crippen LogP contribution in [0.3, 0.4) is 0 Å². The van der Waals surface area contributed by atoms with Crippen molar-refractivity contribution in [2.45, 2.75) is 46.3 Å². The highest BCUT2D eigenvalue weighted by Crippen LogP contribution is 2.33. The third-order valence-corrected chi connectivity index (χ3v) is 8.78. The minimum absolute atomic E-state index is 0.104. The maximum Gasteiger partial charge on any atom is 0.410 e. The molecule has 0 atom stereocenters. The van der Waals surface area contributed by atoms with Crippen LogP contribution in [0, 0.1) is 0 Å². The van der Waals surface area contributed by atoms with Gasteiger partial charge in [-0.05, 0) is 57.5 Å². The number of amides is 3. The Morgan fingerprint density at radius 1 is 0.956 bits per heavy atom. The summed E-state index contributed by atoms with van der Waals surface area (Å²) >= 11 is 0. The zero-order chi connectivity index (χ0) is 33.5. The molecule has 0 bridgehead atoms. The number of nitrogens with zero attached hydrogens (tertiary/aromatic N) is 5. The number of carbonyl (C=O) groups is 3. The summed E-state index contributed by atoms with van der Waals surface area (Å²) in [5.74, 6) is -0.0745. The van der Waals surface area contributed by atoms with Crippen LogP contribution < -0.4 is 15.0 Å². The van der Waals surface area contributed by atoms with Gasteiger partial charge in [-0.15, -0.1) is 0 Å². The van der Waals surface area contributed by atoms with Crippen molar-refractivity contribution in [2.24, 2.45) is 0 Å². The summed E-state index contributed by atoms with van der Waals surface area (Å²) in [6, 6.07) is 11.3. The van der Waals surface area contributed by atoms with Crippen LogP contribution in [0.2, 0.25) is 0 Å². The zero-order valence-electron chi connectivity index (χ0n) is 27.7. The molecule has 2 aromatic carbocycles. The van der Waals surface area contributed by atoms with E-state index in [4.69, 9.17) is 9.47 Å². The maximum atomic E-state index is 13.8. The fraction of sp³-hybridized carbons (Fsp3) is 0.581. The van der Waals surface area contributed by atoms with Crippen LogP contribution >= 0.6 is 0 Å². The molecule has 0 unspecified atom stereocenters. The van der Waals surface area contributed by atoms with Gasteiger partial charge in [0.05, 0.1) is 32.1 Å². The minimum atomic E-state index is -3.28. The number of rotatable bonds is 12. The molecule has 1 aliphatic rings. The van der Waals surface area contributed by atoms with E-state index in [1.807, 2.05) is 50.2 Å². The van der Waals surface area contributed by atoms with Crippen molar-refractivity contribution in [3.63, 3.8) is 0 Å². The summed E-state index contributed by atoms with van der Waals surface area (Å²) in [5.41, 5.74) is -0.130. The topological polar surface area (TPSA) is 132 Å². The Hall–Kier alpha value is -3.46. The summed E-state index contributed by atoms with van der Waals surface area (Å²) < 4.78 is 36.3. The lowest BCUT2D eigenvalue weighted by molar-refractivity contribution is -0.146. The molecule has 1 saturated heterocycles. The Morgan fingerprint density at radius 3 is 2.07 bits per heavy atom. The van der Waals surface area contributed by atoms with Gasteiger partial charge in [0.15, 0.2) is 0 Å². The van der Waals surface area contributed by atoms with Crippen LogP contribution in [0.1, 0.15) is 34.6 Å².